The van der Waals surface area contributed by atoms with E-state index in [4.69, 9.17) is 4.74 Å². The summed E-state index contributed by atoms with van der Waals surface area (Å²) in [6, 6.07) is 0.217. The Labute approximate surface area is 119 Å². The number of carbonyl (C=O) groups is 1. The number of hydrogen-bond donors (Lipinski definition) is 1. The highest BCUT2D eigenvalue weighted by Gasteiger charge is 2.11. The highest BCUT2D eigenvalue weighted by molar-refractivity contribution is 5.67. The number of carbonyl (C=O) groups excluding carboxylic acids is 1. The first-order chi connectivity index (χ1) is 9.13. The van der Waals surface area contributed by atoms with E-state index in [2.05, 4.69) is 26.1 Å². The van der Waals surface area contributed by atoms with Crippen LogP contribution in [0.15, 0.2) is 0 Å². The molecule has 0 heterocycles. The second-order valence-electron chi connectivity index (χ2n) is 5.56. The van der Waals surface area contributed by atoms with Crippen LogP contribution in [-0.4, -0.2) is 18.7 Å². The van der Waals surface area contributed by atoms with Crippen LogP contribution >= 0.6 is 0 Å². The molecule has 0 aromatic rings. The quantitative estimate of drug-likeness (QED) is 0.543. The molecule has 0 rings (SSSR count). The van der Waals surface area contributed by atoms with Crippen LogP contribution in [0.1, 0.15) is 79.1 Å². The van der Waals surface area contributed by atoms with Crippen molar-refractivity contribution in [1.29, 1.82) is 0 Å². The van der Waals surface area contributed by atoms with Gasteiger partial charge < -0.3 is 10.1 Å². The molecule has 0 aliphatic heterocycles. The number of rotatable bonds is 11. The fraction of sp³-hybridized carbons (Fsp3) is 0.938. The molecule has 19 heavy (non-hydrogen) atoms. The summed E-state index contributed by atoms with van der Waals surface area (Å²) in [6.07, 6.45) is 9.07. The Bertz CT molecular complexity index is 219. The molecule has 0 saturated carbocycles. The third kappa shape index (κ3) is 10.8. The monoisotopic (exact) mass is 271 g/mol. The molecule has 0 bridgehead atoms. The second kappa shape index (κ2) is 12.3. The van der Waals surface area contributed by atoms with Crippen LogP contribution in [0.25, 0.3) is 0 Å². The number of hydrogen-bond acceptors (Lipinski definition) is 2. The fourth-order valence-electron chi connectivity index (χ4n) is 2.11. The summed E-state index contributed by atoms with van der Waals surface area (Å²) < 4.78 is 5.32. The van der Waals surface area contributed by atoms with Crippen LogP contribution < -0.4 is 5.32 Å². The van der Waals surface area contributed by atoms with E-state index in [0.29, 0.717) is 12.5 Å². The maximum atomic E-state index is 11.6. The molecule has 3 nitrogen and oxygen atoms in total. The van der Waals surface area contributed by atoms with Crippen molar-refractivity contribution in [3.8, 4) is 0 Å². The SMILES string of the molecule is CCCCCC(C)NC(=O)OCC(CC)CCCC. The van der Waals surface area contributed by atoms with Crippen LogP contribution in [0.3, 0.4) is 0 Å². The molecule has 114 valence electrons. The number of unbranched alkanes of at least 4 members (excludes halogenated alkanes) is 3. The Morgan fingerprint density at radius 1 is 1.05 bits per heavy atom. The summed E-state index contributed by atoms with van der Waals surface area (Å²) in [4.78, 5) is 11.6. The predicted octanol–water partition coefficient (Wildman–Crippen LogP) is 4.90. The first kappa shape index (κ1) is 18.3. The Kier molecular flexibility index (Phi) is 11.8. The van der Waals surface area contributed by atoms with Crippen LogP contribution in [0.2, 0.25) is 0 Å². The molecular formula is C16H33NO2. The van der Waals surface area contributed by atoms with Gasteiger partial charge in [0, 0.05) is 6.04 Å². The van der Waals surface area contributed by atoms with Gasteiger partial charge in [0.15, 0.2) is 0 Å². The lowest BCUT2D eigenvalue weighted by Gasteiger charge is -2.17. The maximum absolute atomic E-state index is 11.6. The molecular weight excluding hydrogens is 238 g/mol. The van der Waals surface area contributed by atoms with Gasteiger partial charge in [-0.1, -0.05) is 59.3 Å². The molecule has 0 radical (unpaired) electrons. The molecule has 2 unspecified atom stereocenters. The lowest BCUT2D eigenvalue weighted by atomic mass is 10.0. The second-order valence-corrected chi connectivity index (χ2v) is 5.56. The highest BCUT2D eigenvalue weighted by atomic mass is 16.5. The summed E-state index contributed by atoms with van der Waals surface area (Å²) in [5.41, 5.74) is 0. The van der Waals surface area contributed by atoms with E-state index in [1.165, 1.54) is 32.1 Å². The lowest BCUT2D eigenvalue weighted by molar-refractivity contribution is 0.119. The standard InChI is InChI=1S/C16H33NO2/c1-5-8-10-11-14(4)17-16(18)19-13-15(7-3)12-9-6-2/h14-15H,5-13H2,1-4H3,(H,17,18). The van der Waals surface area contributed by atoms with Gasteiger partial charge in [-0.25, -0.2) is 4.79 Å². The Morgan fingerprint density at radius 2 is 1.74 bits per heavy atom. The van der Waals surface area contributed by atoms with Crippen molar-refractivity contribution in [2.45, 2.75) is 85.1 Å². The zero-order valence-corrected chi connectivity index (χ0v) is 13.3. The van der Waals surface area contributed by atoms with E-state index in [-0.39, 0.29) is 12.1 Å². The van der Waals surface area contributed by atoms with Gasteiger partial charge in [0.05, 0.1) is 6.61 Å². The van der Waals surface area contributed by atoms with Gasteiger partial charge in [-0.3, -0.25) is 0 Å². The topological polar surface area (TPSA) is 38.3 Å². The summed E-state index contributed by atoms with van der Waals surface area (Å²) >= 11 is 0. The van der Waals surface area contributed by atoms with Crippen molar-refractivity contribution >= 4 is 6.09 Å². The maximum Gasteiger partial charge on any atom is 0.407 e. The molecule has 0 spiro atoms. The summed E-state index contributed by atoms with van der Waals surface area (Å²) in [5.74, 6) is 0.515. The van der Waals surface area contributed by atoms with E-state index in [1.54, 1.807) is 0 Å². The molecule has 0 aromatic heterocycles. The minimum atomic E-state index is -0.251. The largest absolute Gasteiger partial charge is 0.449 e. The van der Waals surface area contributed by atoms with Crippen molar-refractivity contribution in [2.24, 2.45) is 5.92 Å². The van der Waals surface area contributed by atoms with Gasteiger partial charge in [0.1, 0.15) is 0 Å². The summed E-state index contributed by atoms with van der Waals surface area (Å²) in [5, 5.41) is 2.91. The van der Waals surface area contributed by atoms with Crippen LogP contribution in [0.4, 0.5) is 4.79 Å². The van der Waals surface area contributed by atoms with E-state index < -0.39 is 0 Å². The molecule has 0 saturated heterocycles. The van der Waals surface area contributed by atoms with Crippen LogP contribution in [0.5, 0.6) is 0 Å². The average Bonchev–Trinajstić information content (AvgIpc) is 2.39. The minimum absolute atomic E-state index is 0.217. The Hall–Kier alpha value is -0.730. The normalized spacial score (nSPS) is 13.9. The van der Waals surface area contributed by atoms with Gasteiger partial charge >= 0.3 is 6.09 Å². The molecule has 1 N–H and O–H groups in total. The highest BCUT2D eigenvalue weighted by Crippen LogP contribution is 2.13. The molecule has 2 atom stereocenters. The Balaban J connectivity index is 3.71. The molecule has 0 aliphatic rings. The summed E-state index contributed by atoms with van der Waals surface area (Å²) in [7, 11) is 0. The van der Waals surface area contributed by atoms with Crippen molar-refractivity contribution in [1.82, 2.24) is 5.32 Å². The first-order valence-corrected chi connectivity index (χ1v) is 8.07. The van der Waals surface area contributed by atoms with Crippen LogP contribution in [-0.2, 0) is 4.74 Å². The molecule has 3 heteroatoms. The summed E-state index contributed by atoms with van der Waals surface area (Å²) in [6.45, 7) is 9.15. The Morgan fingerprint density at radius 3 is 2.32 bits per heavy atom. The van der Waals surface area contributed by atoms with E-state index in [9.17, 15) is 4.79 Å². The lowest BCUT2D eigenvalue weighted by Crippen LogP contribution is -2.34. The van der Waals surface area contributed by atoms with Gasteiger partial charge in [0.2, 0.25) is 0 Å². The van der Waals surface area contributed by atoms with Gasteiger partial charge in [-0.15, -0.1) is 0 Å². The predicted molar refractivity (Wildman–Crippen MR) is 81.4 cm³/mol. The molecule has 0 aromatic carbocycles. The zero-order valence-electron chi connectivity index (χ0n) is 13.3. The zero-order chi connectivity index (χ0) is 14.5. The average molecular weight is 271 g/mol. The number of amides is 1. The molecule has 1 amide bonds. The third-order valence-electron chi connectivity index (χ3n) is 3.60. The van der Waals surface area contributed by atoms with Crippen molar-refractivity contribution in [3.63, 3.8) is 0 Å². The van der Waals surface area contributed by atoms with Crippen LogP contribution in [0, 0.1) is 5.92 Å². The fourth-order valence-corrected chi connectivity index (χ4v) is 2.11. The van der Waals surface area contributed by atoms with Crippen molar-refractivity contribution < 1.29 is 9.53 Å². The first-order valence-electron chi connectivity index (χ1n) is 8.07. The smallest absolute Gasteiger partial charge is 0.407 e. The number of alkyl carbamates (subject to hydrolysis) is 1. The molecule has 0 aliphatic carbocycles. The third-order valence-corrected chi connectivity index (χ3v) is 3.60. The van der Waals surface area contributed by atoms with E-state index in [0.717, 1.165) is 19.3 Å². The van der Waals surface area contributed by atoms with Crippen molar-refractivity contribution in [2.75, 3.05) is 6.61 Å². The van der Waals surface area contributed by atoms with E-state index in [1.807, 2.05) is 6.92 Å². The van der Waals surface area contributed by atoms with Gasteiger partial charge in [-0.05, 0) is 25.7 Å². The van der Waals surface area contributed by atoms with Gasteiger partial charge in [-0.2, -0.15) is 0 Å². The van der Waals surface area contributed by atoms with Gasteiger partial charge in [0.25, 0.3) is 0 Å². The number of nitrogens with one attached hydrogen (secondary N) is 1. The number of ether oxygens (including phenoxy) is 1. The van der Waals surface area contributed by atoms with E-state index >= 15 is 0 Å². The minimum Gasteiger partial charge on any atom is -0.449 e. The van der Waals surface area contributed by atoms with Crippen molar-refractivity contribution in [3.05, 3.63) is 0 Å². The molecule has 0 fully saturated rings.